The average molecular weight is 637 g/mol. The maximum absolute atomic E-state index is 13.2. The van der Waals surface area contributed by atoms with Gasteiger partial charge in [-0.05, 0) is 50.0 Å². The number of carbonyl (C=O) groups excluding carboxylic acids is 1. The molecule has 1 unspecified atom stereocenters. The molecule has 6 aliphatic rings. The Bertz CT molecular complexity index is 1430. The van der Waals surface area contributed by atoms with Crippen LogP contribution in [0.5, 0.6) is 0 Å². The molecule has 250 valence electrons. The van der Waals surface area contributed by atoms with Crippen molar-refractivity contribution in [3.8, 4) is 0 Å². The Morgan fingerprint density at radius 1 is 1.11 bits per heavy atom. The van der Waals surface area contributed by atoms with Crippen LogP contribution >= 0.6 is 0 Å². The number of carbonyl (C=O) groups is 1. The molecule has 3 aliphatic heterocycles. The molecule has 0 spiro atoms. The largest absolute Gasteiger partial charge is 0.456 e. The van der Waals surface area contributed by atoms with Crippen LogP contribution in [0.25, 0.3) is 0 Å². The average Bonchev–Trinajstić information content (AvgIpc) is 3.67. The normalized spacial score (nSPS) is 48.2. The van der Waals surface area contributed by atoms with Crippen LogP contribution in [-0.2, 0) is 34.5 Å². The summed E-state index contributed by atoms with van der Waals surface area (Å²) < 4.78 is 33.3. The molecular weight excluding hydrogens is 588 g/mol. The van der Waals surface area contributed by atoms with E-state index in [1.54, 1.807) is 6.08 Å². The summed E-state index contributed by atoms with van der Waals surface area (Å²) in [6.07, 6.45) is 8.11. The number of allylic oxidation sites excluding steroid dienone is 3. The van der Waals surface area contributed by atoms with Gasteiger partial charge in [0.2, 0.25) is 0 Å². The molecule has 3 aliphatic carbocycles. The number of rotatable bonds is 10. The SMILES string of the molecule is C=C(C)[C@]12C[C@@H](C)[C@@]34OC(c5ccccc5)(O[C@@H]1[C@@H]3[C@@H]1O[C@]1(CO)[C@@H](O)[C@@]1(O)[C@H]4C[C@H](C)[C@@H]1OC(=O)/C=C/C=C/CCCCC)O2. The fourth-order valence-electron chi connectivity index (χ4n) is 9.94. The number of hydrogen-bond donors (Lipinski definition) is 3. The minimum Gasteiger partial charge on any atom is -0.456 e. The second kappa shape index (κ2) is 11.1. The van der Waals surface area contributed by atoms with Crippen molar-refractivity contribution in [1.82, 2.24) is 0 Å². The van der Waals surface area contributed by atoms with E-state index in [4.69, 9.17) is 23.7 Å². The first-order chi connectivity index (χ1) is 22.0. The lowest BCUT2D eigenvalue weighted by Crippen LogP contribution is -2.72. The van der Waals surface area contributed by atoms with Crippen molar-refractivity contribution < 1.29 is 43.8 Å². The van der Waals surface area contributed by atoms with E-state index in [2.05, 4.69) is 20.4 Å². The van der Waals surface area contributed by atoms with E-state index in [-0.39, 0.29) is 11.8 Å². The molecule has 3 heterocycles. The Labute approximate surface area is 271 Å². The van der Waals surface area contributed by atoms with Crippen molar-refractivity contribution in [1.29, 1.82) is 0 Å². The lowest BCUT2D eigenvalue weighted by Gasteiger charge is -2.60. The van der Waals surface area contributed by atoms with Gasteiger partial charge in [-0.3, -0.25) is 0 Å². The van der Waals surface area contributed by atoms with Crippen molar-refractivity contribution in [2.24, 2.45) is 23.7 Å². The number of ether oxygens (including phenoxy) is 5. The van der Waals surface area contributed by atoms with Gasteiger partial charge in [-0.2, -0.15) is 0 Å². The van der Waals surface area contributed by atoms with Crippen LogP contribution in [0.2, 0.25) is 0 Å². The maximum Gasteiger partial charge on any atom is 0.331 e. The summed E-state index contributed by atoms with van der Waals surface area (Å²) >= 11 is 0. The Morgan fingerprint density at radius 2 is 1.87 bits per heavy atom. The Balaban J connectivity index is 1.30. The van der Waals surface area contributed by atoms with Crippen molar-refractivity contribution in [3.05, 3.63) is 72.4 Å². The summed E-state index contributed by atoms with van der Waals surface area (Å²) in [5.74, 6) is -4.00. The number of benzene rings is 1. The molecule has 0 aromatic heterocycles. The summed E-state index contributed by atoms with van der Waals surface area (Å²) in [5, 5.41) is 36.0. The third kappa shape index (κ3) is 4.15. The van der Waals surface area contributed by atoms with E-state index in [1.807, 2.05) is 56.3 Å². The van der Waals surface area contributed by atoms with Gasteiger partial charge in [-0.15, -0.1) is 0 Å². The highest BCUT2D eigenvalue weighted by Crippen LogP contribution is 2.75. The maximum atomic E-state index is 13.2. The summed E-state index contributed by atoms with van der Waals surface area (Å²) in [7, 11) is 0. The molecule has 46 heavy (non-hydrogen) atoms. The third-order valence-corrected chi connectivity index (χ3v) is 12.1. The number of aliphatic hydroxyl groups excluding tert-OH is 2. The molecule has 13 atom stereocenters. The van der Waals surface area contributed by atoms with Crippen LogP contribution < -0.4 is 0 Å². The van der Waals surface area contributed by atoms with Gasteiger partial charge in [0.15, 0.2) is 0 Å². The first-order valence-corrected chi connectivity index (χ1v) is 17.0. The molecule has 6 fully saturated rings. The fraction of sp³-hybridized carbons (Fsp3) is 0.649. The predicted molar refractivity (Wildman–Crippen MR) is 168 cm³/mol. The lowest BCUT2D eigenvalue weighted by atomic mass is 9.54. The van der Waals surface area contributed by atoms with Crippen LogP contribution in [0.3, 0.4) is 0 Å². The van der Waals surface area contributed by atoms with E-state index in [1.165, 1.54) is 6.08 Å². The zero-order chi connectivity index (χ0) is 32.7. The van der Waals surface area contributed by atoms with Gasteiger partial charge in [-0.1, -0.05) is 88.8 Å². The van der Waals surface area contributed by atoms with Crippen LogP contribution in [0.4, 0.5) is 0 Å². The van der Waals surface area contributed by atoms with Crippen molar-refractivity contribution >= 4 is 5.97 Å². The molecule has 9 heteroatoms. The van der Waals surface area contributed by atoms with Gasteiger partial charge in [-0.25, -0.2) is 4.79 Å². The molecule has 1 aromatic carbocycles. The number of fused-ring (bicyclic) bond motifs is 3. The fourth-order valence-corrected chi connectivity index (χ4v) is 9.94. The molecule has 3 saturated carbocycles. The predicted octanol–water partition coefficient (Wildman–Crippen LogP) is 4.45. The molecule has 0 amide bonds. The quantitative estimate of drug-likeness (QED) is 0.0853. The van der Waals surface area contributed by atoms with Gasteiger partial charge < -0.3 is 39.0 Å². The monoisotopic (exact) mass is 636 g/mol. The second-order valence-corrected chi connectivity index (χ2v) is 14.7. The smallest absolute Gasteiger partial charge is 0.331 e. The van der Waals surface area contributed by atoms with Gasteiger partial charge >= 0.3 is 11.9 Å². The highest BCUT2D eigenvalue weighted by molar-refractivity contribution is 5.82. The van der Waals surface area contributed by atoms with Gasteiger partial charge in [0.1, 0.15) is 41.2 Å². The first-order valence-electron chi connectivity index (χ1n) is 17.0. The molecule has 3 N–H and O–H groups in total. The van der Waals surface area contributed by atoms with Crippen LogP contribution in [0, 0.1) is 23.7 Å². The van der Waals surface area contributed by atoms with Crippen molar-refractivity contribution in [2.75, 3.05) is 6.61 Å². The van der Waals surface area contributed by atoms with E-state index in [9.17, 15) is 20.1 Å². The van der Waals surface area contributed by atoms with E-state index < -0.39 is 77.2 Å². The summed E-state index contributed by atoms with van der Waals surface area (Å²) in [4.78, 5) is 13.2. The standard InChI is InChI=1S/C37H48O9/c1-6-7-8-9-10-11-15-18-27(39)42-29-23(4)19-26-35(29,41)32(40)34(21-38)31(43-34)28-30-33(22(2)3)20-24(5)36(26,28)46-37(44-30,45-33)25-16-13-12-14-17-25/h10-18,23-24,26,28-32,38,40-41H,2,6-9,19-21H2,1,3-5H3/b11-10+,18-15+/t23-,24+,26+,28+,29-,30+,31-,32+,33+,34-,35+,36-,37?/m0/s1. The number of unbranched alkanes of at least 4 members (excludes halogenated alkanes) is 3. The second-order valence-electron chi connectivity index (χ2n) is 14.7. The lowest BCUT2D eigenvalue weighted by molar-refractivity contribution is -0.443. The minimum absolute atomic E-state index is 0.221. The first kappa shape index (κ1) is 32.2. The topological polar surface area (TPSA) is 127 Å². The molecule has 1 aromatic rings. The van der Waals surface area contributed by atoms with Crippen molar-refractivity contribution in [3.63, 3.8) is 0 Å². The van der Waals surface area contributed by atoms with Gasteiger partial charge in [0.05, 0.1) is 12.2 Å². The summed E-state index contributed by atoms with van der Waals surface area (Å²) in [5.41, 5.74) is -4.09. The van der Waals surface area contributed by atoms with Crippen LogP contribution in [0.15, 0.2) is 66.8 Å². The molecule has 3 bridgehead atoms. The molecule has 9 nitrogen and oxygen atoms in total. The Morgan fingerprint density at radius 3 is 2.57 bits per heavy atom. The Kier molecular flexibility index (Phi) is 7.76. The number of aliphatic hydroxyl groups is 3. The molecular formula is C37H48O9. The van der Waals surface area contributed by atoms with E-state index >= 15 is 0 Å². The molecule has 3 saturated heterocycles. The zero-order valence-electron chi connectivity index (χ0n) is 27.3. The number of hydrogen-bond acceptors (Lipinski definition) is 9. The van der Waals surface area contributed by atoms with Crippen LogP contribution in [0.1, 0.15) is 71.8 Å². The van der Waals surface area contributed by atoms with E-state index in [0.717, 1.165) is 31.3 Å². The molecule has 7 rings (SSSR count). The van der Waals surface area contributed by atoms with Gasteiger partial charge in [0, 0.05) is 23.5 Å². The Hall–Kier alpha value is -2.37. The van der Waals surface area contributed by atoms with E-state index in [0.29, 0.717) is 18.4 Å². The summed E-state index contributed by atoms with van der Waals surface area (Å²) in [6, 6.07) is 9.48. The number of epoxide rings is 1. The summed E-state index contributed by atoms with van der Waals surface area (Å²) in [6.45, 7) is 11.9. The molecule has 0 radical (unpaired) electrons. The zero-order valence-corrected chi connectivity index (χ0v) is 27.3. The minimum atomic E-state index is -2.00. The highest BCUT2D eigenvalue weighted by atomic mass is 16.9. The number of esters is 1. The van der Waals surface area contributed by atoms with Crippen molar-refractivity contribution in [2.45, 2.75) is 119 Å². The van der Waals surface area contributed by atoms with Crippen LogP contribution in [-0.4, -0.2) is 74.7 Å². The van der Waals surface area contributed by atoms with Gasteiger partial charge in [0.25, 0.3) is 0 Å². The third-order valence-electron chi connectivity index (χ3n) is 12.1. The highest BCUT2D eigenvalue weighted by Gasteiger charge is 2.89.